The van der Waals surface area contributed by atoms with Crippen LogP contribution in [0.2, 0.25) is 0 Å². The molecule has 1 aromatic carbocycles. The lowest BCUT2D eigenvalue weighted by Crippen LogP contribution is -2.19. The average Bonchev–Trinajstić information content (AvgIpc) is 3.05. The van der Waals surface area contributed by atoms with Crippen molar-refractivity contribution in [3.63, 3.8) is 0 Å². The van der Waals surface area contributed by atoms with Gasteiger partial charge in [0.15, 0.2) is 0 Å². The van der Waals surface area contributed by atoms with E-state index in [1.54, 1.807) is 22.0 Å². The Morgan fingerprint density at radius 2 is 1.96 bits per heavy atom. The van der Waals surface area contributed by atoms with Gasteiger partial charge in [-0.1, -0.05) is 38.1 Å². The van der Waals surface area contributed by atoms with Gasteiger partial charge in [0.2, 0.25) is 0 Å². The Bertz CT molecular complexity index is 877. The number of hydrogen-bond donors (Lipinski definition) is 0. The van der Waals surface area contributed by atoms with E-state index in [2.05, 4.69) is 43.5 Å². The number of thiazole rings is 1. The van der Waals surface area contributed by atoms with Gasteiger partial charge in [-0.15, -0.1) is 11.3 Å². The van der Waals surface area contributed by atoms with Gasteiger partial charge in [-0.25, -0.2) is 4.98 Å². The van der Waals surface area contributed by atoms with Crippen LogP contribution in [0, 0.1) is 6.92 Å². The Labute approximate surface area is 146 Å². The zero-order valence-electron chi connectivity index (χ0n) is 14.3. The van der Waals surface area contributed by atoms with Crippen LogP contribution in [0.1, 0.15) is 42.3 Å². The smallest absolute Gasteiger partial charge is 0.251 e. The monoisotopic (exact) mass is 338 g/mol. The van der Waals surface area contributed by atoms with Crippen LogP contribution in [-0.2, 0) is 6.54 Å². The highest BCUT2D eigenvalue weighted by atomic mass is 32.1. The van der Waals surface area contributed by atoms with Crippen LogP contribution in [0.25, 0.3) is 11.3 Å². The number of rotatable bonds is 5. The first-order valence-corrected chi connectivity index (χ1v) is 9.16. The fourth-order valence-electron chi connectivity index (χ4n) is 2.62. The topological polar surface area (TPSA) is 34.9 Å². The molecule has 0 saturated heterocycles. The van der Waals surface area contributed by atoms with Crippen molar-refractivity contribution < 1.29 is 0 Å². The van der Waals surface area contributed by atoms with E-state index in [1.165, 1.54) is 5.56 Å². The van der Waals surface area contributed by atoms with Gasteiger partial charge in [-0.3, -0.25) is 4.79 Å². The van der Waals surface area contributed by atoms with Crippen molar-refractivity contribution >= 4 is 11.3 Å². The number of aromatic nitrogens is 2. The number of nitrogens with zero attached hydrogens (tertiary/aromatic N) is 2. The summed E-state index contributed by atoms with van der Waals surface area (Å²) in [4.78, 5) is 16.7. The predicted molar refractivity (Wildman–Crippen MR) is 101 cm³/mol. The van der Waals surface area contributed by atoms with Crippen molar-refractivity contribution in [1.29, 1.82) is 0 Å². The lowest BCUT2D eigenvalue weighted by atomic mass is 9.97. The minimum atomic E-state index is 0.0182. The highest BCUT2D eigenvalue weighted by Gasteiger charge is 2.08. The van der Waals surface area contributed by atoms with Crippen molar-refractivity contribution in [1.82, 2.24) is 9.55 Å². The number of benzene rings is 1. The van der Waals surface area contributed by atoms with Crippen molar-refractivity contribution in [2.75, 3.05) is 0 Å². The normalized spacial score (nSPS) is 12.3. The van der Waals surface area contributed by atoms with Gasteiger partial charge in [0.25, 0.3) is 5.56 Å². The molecule has 0 aliphatic rings. The van der Waals surface area contributed by atoms with Crippen molar-refractivity contribution in [3.8, 4) is 11.3 Å². The molecule has 4 heteroatoms. The molecule has 0 radical (unpaired) electrons. The molecule has 3 rings (SSSR count). The van der Waals surface area contributed by atoms with E-state index >= 15 is 0 Å². The SMILES string of the molecule is CCC(C)c1ccc(-c2csc(Cn3ccc(C)cc3=O)n2)cc1. The Balaban J connectivity index is 1.79. The number of aryl methyl sites for hydroxylation is 1. The quantitative estimate of drug-likeness (QED) is 0.667. The summed E-state index contributed by atoms with van der Waals surface area (Å²) in [7, 11) is 0. The van der Waals surface area contributed by atoms with Gasteiger partial charge in [0, 0.05) is 23.2 Å². The van der Waals surface area contributed by atoms with Crippen molar-refractivity contribution in [3.05, 3.63) is 74.5 Å². The summed E-state index contributed by atoms with van der Waals surface area (Å²) in [6, 6.07) is 12.3. The summed E-state index contributed by atoms with van der Waals surface area (Å²) in [5.74, 6) is 0.582. The second kappa shape index (κ2) is 7.14. The van der Waals surface area contributed by atoms with E-state index in [0.717, 1.165) is 28.2 Å². The molecule has 3 aromatic rings. The molecule has 1 atom stereocenters. The molecule has 24 heavy (non-hydrogen) atoms. The highest BCUT2D eigenvalue weighted by Crippen LogP contribution is 2.25. The van der Waals surface area contributed by atoms with Crippen LogP contribution < -0.4 is 5.56 Å². The predicted octanol–water partition coefficient (Wildman–Crippen LogP) is 4.84. The van der Waals surface area contributed by atoms with Gasteiger partial charge in [0.1, 0.15) is 5.01 Å². The largest absolute Gasteiger partial charge is 0.309 e. The molecule has 0 bridgehead atoms. The summed E-state index contributed by atoms with van der Waals surface area (Å²) >= 11 is 1.60. The van der Waals surface area contributed by atoms with Crippen LogP contribution in [0.5, 0.6) is 0 Å². The Morgan fingerprint density at radius 1 is 1.21 bits per heavy atom. The second-order valence-corrected chi connectivity index (χ2v) is 7.17. The molecule has 124 valence electrons. The Kier molecular flexibility index (Phi) is 4.95. The first-order valence-electron chi connectivity index (χ1n) is 8.28. The van der Waals surface area contributed by atoms with Crippen LogP contribution in [-0.4, -0.2) is 9.55 Å². The van der Waals surface area contributed by atoms with E-state index < -0.39 is 0 Å². The molecule has 0 aliphatic carbocycles. The molecule has 0 fully saturated rings. The van der Waals surface area contributed by atoms with Crippen LogP contribution in [0.4, 0.5) is 0 Å². The van der Waals surface area contributed by atoms with Gasteiger partial charge >= 0.3 is 0 Å². The molecule has 2 aromatic heterocycles. The first kappa shape index (κ1) is 16.7. The molecule has 1 unspecified atom stereocenters. The molecular weight excluding hydrogens is 316 g/mol. The van der Waals surface area contributed by atoms with E-state index in [0.29, 0.717) is 12.5 Å². The summed E-state index contributed by atoms with van der Waals surface area (Å²) in [6.45, 7) is 6.90. The van der Waals surface area contributed by atoms with Crippen LogP contribution >= 0.6 is 11.3 Å². The third-order valence-electron chi connectivity index (χ3n) is 4.40. The van der Waals surface area contributed by atoms with Crippen molar-refractivity contribution in [2.45, 2.75) is 39.7 Å². The highest BCUT2D eigenvalue weighted by molar-refractivity contribution is 7.09. The summed E-state index contributed by atoms with van der Waals surface area (Å²) in [6.07, 6.45) is 2.98. The standard InChI is InChI=1S/C20H22N2OS/c1-4-15(3)16-5-7-17(8-6-16)18-13-24-19(21-18)12-22-10-9-14(2)11-20(22)23/h5-11,13,15H,4,12H2,1-3H3. The average molecular weight is 338 g/mol. The molecule has 0 N–H and O–H groups in total. The number of pyridine rings is 1. The van der Waals surface area contributed by atoms with E-state index in [-0.39, 0.29) is 5.56 Å². The number of hydrogen-bond acceptors (Lipinski definition) is 3. The summed E-state index contributed by atoms with van der Waals surface area (Å²) in [5.41, 5.74) is 4.47. The molecule has 0 aliphatic heterocycles. The Hall–Kier alpha value is -2.20. The van der Waals surface area contributed by atoms with Crippen LogP contribution in [0.15, 0.2) is 52.8 Å². The maximum Gasteiger partial charge on any atom is 0.251 e. The maximum absolute atomic E-state index is 12.0. The fraction of sp³-hybridized carbons (Fsp3) is 0.300. The van der Waals surface area contributed by atoms with Gasteiger partial charge in [-0.2, -0.15) is 0 Å². The van der Waals surface area contributed by atoms with Gasteiger partial charge in [0.05, 0.1) is 12.2 Å². The molecule has 0 saturated carbocycles. The minimum Gasteiger partial charge on any atom is -0.309 e. The van der Waals surface area contributed by atoms with Crippen LogP contribution in [0.3, 0.4) is 0 Å². The third kappa shape index (κ3) is 3.65. The molecule has 3 nitrogen and oxygen atoms in total. The zero-order valence-corrected chi connectivity index (χ0v) is 15.1. The molecular formula is C20H22N2OS. The molecule has 2 heterocycles. The lowest BCUT2D eigenvalue weighted by molar-refractivity contribution is 0.734. The second-order valence-electron chi connectivity index (χ2n) is 6.23. The van der Waals surface area contributed by atoms with E-state index in [4.69, 9.17) is 4.98 Å². The van der Waals surface area contributed by atoms with Crippen molar-refractivity contribution in [2.24, 2.45) is 0 Å². The Morgan fingerprint density at radius 3 is 2.62 bits per heavy atom. The summed E-state index contributed by atoms with van der Waals surface area (Å²) < 4.78 is 1.70. The van der Waals surface area contributed by atoms with Gasteiger partial charge in [-0.05, 0) is 36.5 Å². The van der Waals surface area contributed by atoms with E-state index in [9.17, 15) is 4.79 Å². The first-order chi connectivity index (χ1) is 11.6. The summed E-state index contributed by atoms with van der Waals surface area (Å²) in [5, 5.41) is 3.01. The minimum absolute atomic E-state index is 0.0182. The van der Waals surface area contributed by atoms with E-state index in [1.807, 2.05) is 19.2 Å². The third-order valence-corrected chi connectivity index (χ3v) is 5.23. The fourth-order valence-corrected chi connectivity index (χ4v) is 3.42. The van der Waals surface area contributed by atoms with Gasteiger partial charge < -0.3 is 4.57 Å². The molecule has 0 amide bonds. The maximum atomic E-state index is 12.0. The lowest BCUT2D eigenvalue weighted by Gasteiger charge is -2.09. The molecule has 0 spiro atoms. The zero-order chi connectivity index (χ0) is 17.1.